The van der Waals surface area contributed by atoms with Gasteiger partial charge in [-0.2, -0.15) is 0 Å². The average Bonchev–Trinajstić information content (AvgIpc) is 1.39. The van der Waals surface area contributed by atoms with E-state index in [0.717, 1.165) is 5.88 Å². The first-order chi connectivity index (χ1) is 2.83. The molecule has 0 rings (SSSR count). The monoisotopic (exact) mass is 148 g/mol. The molecule has 6 heavy (non-hydrogen) atoms. The summed E-state index contributed by atoms with van der Waals surface area (Å²) in [5.41, 5.74) is 0. The van der Waals surface area contributed by atoms with Gasteiger partial charge in [-0.3, -0.25) is 0 Å². The molecule has 0 fully saturated rings. The third kappa shape index (κ3) is 96.4. The number of hydrogen-bond donors (Lipinski definition) is 0. The summed E-state index contributed by atoms with van der Waals surface area (Å²) in [6.45, 7) is 1.89. The number of hydrogen-bond acceptors (Lipinski definition) is 0. The molecule has 0 radical (unpaired) electrons. The lowest BCUT2D eigenvalue weighted by molar-refractivity contribution is 1.51. The molecule has 0 aliphatic heterocycles. The van der Waals surface area contributed by atoms with Gasteiger partial charge in [0.1, 0.15) is 0 Å². The topological polar surface area (TPSA) is 0 Å². The fraction of sp³-hybridized carbons (Fsp3) is 1.00. The van der Waals surface area contributed by atoms with Crippen molar-refractivity contribution in [2.75, 3.05) is 11.2 Å². The average molecular weight is 149 g/mol. The van der Waals surface area contributed by atoms with Crippen LogP contribution in [0.2, 0.25) is 0 Å². The SMILES string of the molecule is CCCl.ClCCl. The van der Waals surface area contributed by atoms with E-state index >= 15 is 0 Å². The molecule has 0 nitrogen and oxygen atoms in total. The van der Waals surface area contributed by atoms with Crippen molar-refractivity contribution in [1.82, 2.24) is 0 Å². The van der Waals surface area contributed by atoms with E-state index in [0.29, 0.717) is 0 Å². The van der Waals surface area contributed by atoms with Gasteiger partial charge in [0, 0.05) is 5.88 Å². The van der Waals surface area contributed by atoms with Crippen molar-refractivity contribution < 1.29 is 0 Å². The van der Waals surface area contributed by atoms with Crippen molar-refractivity contribution in [3.8, 4) is 0 Å². The summed E-state index contributed by atoms with van der Waals surface area (Å²) in [6, 6.07) is 0. The quantitative estimate of drug-likeness (QED) is 0.465. The Morgan fingerprint density at radius 1 is 1.17 bits per heavy atom. The summed E-state index contributed by atoms with van der Waals surface area (Å²) in [5, 5.41) is 0.194. The van der Waals surface area contributed by atoms with Crippen molar-refractivity contribution in [3.63, 3.8) is 0 Å². The van der Waals surface area contributed by atoms with E-state index in [2.05, 4.69) is 0 Å². The minimum absolute atomic E-state index is 0.194. The van der Waals surface area contributed by atoms with Gasteiger partial charge in [-0.05, 0) is 0 Å². The molecule has 0 atom stereocenters. The molecule has 0 amide bonds. The van der Waals surface area contributed by atoms with Crippen LogP contribution in [0.3, 0.4) is 0 Å². The summed E-state index contributed by atoms with van der Waals surface area (Å²) >= 11 is 14.5. The van der Waals surface area contributed by atoms with E-state index in [1.165, 1.54) is 0 Å². The molecule has 0 saturated carbocycles. The highest BCUT2D eigenvalue weighted by atomic mass is 35.5. The van der Waals surface area contributed by atoms with E-state index < -0.39 is 0 Å². The van der Waals surface area contributed by atoms with Crippen LogP contribution in [-0.4, -0.2) is 11.2 Å². The Balaban J connectivity index is 0. The van der Waals surface area contributed by atoms with E-state index in [1.807, 2.05) is 6.92 Å². The second-order valence-corrected chi connectivity index (χ2v) is 1.71. The molecule has 0 N–H and O–H groups in total. The van der Waals surface area contributed by atoms with Crippen LogP contribution in [0.25, 0.3) is 0 Å². The molecule has 0 bridgehead atoms. The largest absolute Gasteiger partial charge is 0.127 e. The van der Waals surface area contributed by atoms with Crippen molar-refractivity contribution in [1.29, 1.82) is 0 Å². The maximum atomic E-state index is 5.00. The van der Waals surface area contributed by atoms with Crippen molar-refractivity contribution >= 4 is 34.8 Å². The van der Waals surface area contributed by atoms with E-state index in [9.17, 15) is 0 Å². The van der Waals surface area contributed by atoms with Crippen LogP contribution >= 0.6 is 34.8 Å². The van der Waals surface area contributed by atoms with Crippen LogP contribution in [0.5, 0.6) is 0 Å². The fourth-order valence-electron chi connectivity index (χ4n) is 0. The lowest BCUT2D eigenvalue weighted by Gasteiger charge is -1.45. The van der Waals surface area contributed by atoms with Gasteiger partial charge in [0.15, 0.2) is 0 Å². The van der Waals surface area contributed by atoms with Crippen molar-refractivity contribution in [2.24, 2.45) is 0 Å². The molecule has 0 unspecified atom stereocenters. The standard InChI is InChI=1S/C2H5Cl.CH2Cl2/c1-2-3;2-1-3/h2H2,1H3;1H2. The molecule has 0 spiro atoms. The second-order valence-electron chi connectivity index (χ2n) is 0.368. The highest BCUT2D eigenvalue weighted by Gasteiger charge is 1.41. The normalized spacial score (nSPS) is 6.00. The first-order valence-electron chi connectivity index (χ1n) is 1.51. The summed E-state index contributed by atoms with van der Waals surface area (Å²) in [6.07, 6.45) is 0. The summed E-state index contributed by atoms with van der Waals surface area (Å²) < 4.78 is 0. The Morgan fingerprint density at radius 3 is 1.17 bits per heavy atom. The van der Waals surface area contributed by atoms with Crippen LogP contribution in [-0.2, 0) is 0 Å². The zero-order chi connectivity index (χ0) is 5.41. The molecular weight excluding hydrogens is 142 g/mol. The molecule has 0 aromatic carbocycles. The van der Waals surface area contributed by atoms with E-state index in [4.69, 9.17) is 34.8 Å². The van der Waals surface area contributed by atoms with Gasteiger partial charge in [-0.1, -0.05) is 6.92 Å². The Kier molecular flexibility index (Phi) is 28.1. The van der Waals surface area contributed by atoms with Gasteiger partial charge in [0.25, 0.3) is 0 Å². The minimum Gasteiger partial charge on any atom is -0.127 e. The predicted octanol–water partition coefficient (Wildman–Crippen LogP) is 2.67. The fourth-order valence-corrected chi connectivity index (χ4v) is 0. The molecular formula is C3H7Cl3. The summed E-state index contributed by atoms with van der Waals surface area (Å²) in [5.74, 6) is 0.722. The molecule has 0 saturated heterocycles. The van der Waals surface area contributed by atoms with E-state index in [1.54, 1.807) is 0 Å². The Morgan fingerprint density at radius 2 is 1.17 bits per heavy atom. The van der Waals surface area contributed by atoms with E-state index in [-0.39, 0.29) is 5.34 Å². The molecule has 40 valence electrons. The zero-order valence-electron chi connectivity index (χ0n) is 3.55. The maximum absolute atomic E-state index is 5.00. The van der Waals surface area contributed by atoms with Gasteiger partial charge >= 0.3 is 0 Å². The van der Waals surface area contributed by atoms with Gasteiger partial charge in [0.05, 0.1) is 5.34 Å². The maximum Gasteiger partial charge on any atom is 0.0967 e. The molecule has 0 heterocycles. The summed E-state index contributed by atoms with van der Waals surface area (Å²) in [4.78, 5) is 0. The molecule has 3 heteroatoms. The minimum atomic E-state index is 0.194. The van der Waals surface area contributed by atoms with Crippen LogP contribution in [0.15, 0.2) is 0 Å². The molecule has 0 aliphatic rings. The molecule has 0 aromatic rings. The van der Waals surface area contributed by atoms with Crippen molar-refractivity contribution in [2.45, 2.75) is 6.92 Å². The first-order valence-corrected chi connectivity index (χ1v) is 3.11. The van der Waals surface area contributed by atoms with Gasteiger partial charge in [0.2, 0.25) is 0 Å². The lowest BCUT2D eigenvalue weighted by Crippen LogP contribution is -1.36. The van der Waals surface area contributed by atoms with Gasteiger partial charge in [-0.15, -0.1) is 34.8 Å². The van der Waals surface area contributed by atoms with Gasteiger partial charge in [-0.25, -0.2) is 0 Å². The first kappa shape index (κ1) is 9.98. The van der Waals surface area contributed by atoms with Gasteiger partial charge < -0.3 is 0 Å². The smallest absolute Gasteiger partial charge is 0.0967 e. The number of alkyl halides is 3. The Bertz CT molecular complexity index is 8.00. The zero-order valence-corrected chi connectivity index (χ0v) is 5.82. The molecule has 0 aromatic heterocycles. The number of rotatable bonds is 0. The second kappa shape index (κ2) is 16.9. The van der Waals surface area contributed by atoms with Crippen LogP contribution in [0.1, 0.15) is 6.92 Å². The lowest BCUT2D eigenvalue weighted by atomic mass is 11.0. The number of halogens is 3. The molecule has 0 aliphatic carbocycles. The third-order valence-corrected chi connectivity index (χ3v) is 0. The summed E-state index contributed by atoms with van der Waals surface area (Å²) in [7, 11) is 0. The van der Waals surface area contributed by atoms with Crippen LogP contribution in [0.4, 0.5) is 0 Å². The highest BCUT2D eigenvalue weighted by molar-refractivity contribution is 6.40. The Hall–Kier alpha value is 0.870. The predicted molar refractivity (Wildman–Crippen MR) is 33.0 cm³/mol. The van der Waals surface area contributed by atoms with Crippen LogP contribution in [0, 0.1) is 0 Å². The van der Waals surface area contributed by atoms with Crippen molar-refractivity contribution in [3.05, 3.63) is 0 Å². The van der Waals surface area contributed by atoms with Crippen LogP contribution < -0.4 is 0 Å². The third-order valence-electron chi connectivity index (χ3n) is 0. The highest BCUT2D eigenvalue weighted by Crippen LogP contribution is 1.73. The Labute approximate surface area is 53.4 Å².